The first-order chi connectivity index (χ1) is 12.2. The van der Waals surface area contributed by atoms with E-state index in [9.17, 15) is 9.59 Å². The fraction of sp³-hybridized carbons (Fsp3) is 0.263. The van der Waals surface area contributed by atoms with E-state index >= 15 is 0 Å². The van der Waals surface area contributed by atoms with Crippen LogP contribution in [0.2, 0.25) is 0 Å². The maximum absolute atomic E-state index is 12.6. The maximum atomic E-state index is 12.6. The van der Waals surface area contributed by atoms with Crippen LogP contribution in [0.3, 0.4) is 0 Å². The zero-order valence-corrected chi connectivity index (χ0v) is 14.0. The molecule has 3 rings (SSSR count). The molecule has 1 aliphatic rings. The van der Waals surface area contributed by atoms with Crippen LogP contribution in [0, 0.1) is 0 Å². The van der Waals surface area contributed by atoms with Crippen molar-refractivity contribution in [2.75, 3.05) is 23.8 Å². The lowest BCUT2D eigenvalue weighted by atomic mass is 9.92. The molecule has 0 spiro atoms. The summed E-state index contributed by atoms with van der Waals surface area (Å²) in [7, 11) is 0. The Balaban J connectivity index is 1.65. The molecule has 25 heavy (non-hydrogen) atoms. The van der Waals surface area contributed by atoms with Gasteiger partial charge in [-0.25, -0.2) is 4.79 Å². The molecule has 130 valence electrons. The fourth-order valence-electron chi connectivity index (χ4n) is 2.77. The molecule has 0 saturated carbocycles. The van der Waals surface area contributed by atoms with Crippen molar-refractivity contribution in [3.8, 4) is 5.75 Å². The number of para-hydroxylation sites is 1. The van der Waals surface area contributed by atoms with Crippen molar-refractivity contribution in [3.05, 3.63) is 54.1 Å². The summed E-state index contributed by atoms with van der Waals surface area (Å²) >= 11 is 0. The van der Waals surface area contributed by atoms with Gasteiger partial charge in [-0.3, -0.25) is 10.1 Å². The van der Waals surface area contributed by atoms with Gasteiger partial charge in [0.25, 0.3) is 0 Å². The molecule has 2 amide bonds. The highest BCUT2D eigenvalue weighted by atomic mass is 16.5. The third-order valence-corrected chi connectivity index (χ3v) is 3.95. The van der Waals surface area contributed by atoms with Crippen molar-refractivity contribution in [2.24, 2.45) is 0 Å². The number of carbonyl (C=O) groups excluding carboxylic acids is 2. The third-order valence-electron chi connectivity index (χ3n) is 3.95. The van der Waals surface area contributed by atoms with Gasteiger partial charge in [-0.05, 0) is 43.7 Å². The van der Waals surface area contributed by atoms with E-state index in [1.807, 2.05) is 24.3 Å². The van der Waals surface area contributed by atoms with E-state index in [4.69, 9.17) is 9.47 Å². The molecule has 0 aliphatic carbocycles. The normalized spacial score (nSPS) is 15.5. The summed E-state index contributed by atoms with van der Waals surface area (Å²) in [4.78, 5) is 24.0. The van der Waals surface area contributed by atoms with Crippen LogP contribution in [0.1, 0.15) is 24.8 Å². The number of fused-ring (bicyclic) bond motifs is 1. The highest BCUT2D eigenvalue weighted by Crippen LogP contribution is 2.34. The van der Waals surface area contributed by atoms with Gasteiger partial charge in [0.1, 0.15) is 5.75 Å². The monoisotopic (exact) mass is 340 g/mol. The molecule has 2 aromatic rings. The Bertz CT molecular complexity index is 758. The van der Waals surface area contributed by atoms with Crippen LogP contribution in [0.25, 0.3) is 0 Å². The predicted octanol–water partition coefficient (Wildman–Crippen LogP) is 3.76. The number of hydrogen-bond donors (Lipinski definition) is 2. The predicted molar refractivity (Wildman–Crippen MR) is 95.0 cm³/mol. The molecule has 1 atom stereocenters. The minimum atomic E-state index is -0.502. The van der Waals surface area contributed by atoms with E-state index in [1.165, 1.54) is 0 Å². The zero-order chi connectivity index (χ0) is 17.6. The van der Waals surface area contributed by atoms with E-state index in [1.54, 1.807) is 31.2 Å². The molecule has 0 radical (unpaired) electrons. The number of amides is 2. The Morgan fingerprint density at radius 2 is 1.76 bits per heavy atom. The van der Waals surface area contributed by atoms with Crippen LogP contribution in [0.15, 0.2) is 48.5 Å². The summed E-state index contributed by atoms with van der Waals surface area (Å²) in [5, 5.41) is 5.53. The Kier molecular flexibility index (Phi) is 5.18. The van der Waals surface area contributed by atoms with E-state index in [0.717, 1.165) is 11.3 Å². The molecular formula is C19H20N2O4. The lowest BCUT2D eigenvalue weighted by Gasteiger charge is -2.25. The van der Waals surface area contributed by atoms with Crippen molar-refractivity contribution in [2.45, 2.75) is 19.3 Å². The van der Waals surface area contributed by atoms with Crippen LogP contribution in [-0.2, 0) is 9.53 Å². The standard InChI is InChI=1S/C19H20N2O4/c1-2-24-19(23)21-14-9-7-13(8-10-14)20-18(22)16-11-12-25-17-6-4-3-5-15(16)17/h3-10,16H,2,11-12H2,1H3,(H,20,22)(H,21,23)/t16-/m0/s1. The molecule has 1 heterocycles. The number of hydrogen-bond acceptors (Lipinski definition) is 4. The molecule has 6 nitrogen and oxygen atoms in total. The summed E-state index contributed by atoms with van der Waals surface area (Å²) in [6.07, 6.45) is 0.142. The first-order valence-electron chi connectivity index (χ1n) is 8.24. The number of benzene rings is 2. The van der Waals surface area contributed by atoms with Crippen LogP contribution in [-0.4, -0.2) is 25.2 Å². The second-order valence-electron chi connectivity index (χ2n) is 5.64. The van der Waals surface area contributed by atoms with E-state index < -0.39 is 6.09 Å². The number of carbonyl (C=O) groups is 2. The number of nitrogens with one attached hydrogen (secondary N) is 2. The van der Waals surface area contributed by atoms with Crippen molar-refractivity contribution in [1.82, 2.24) is 0 Å². The van der Waals surface area contributed by atoms with Gasteiger partial charge in [0.2, 0.25) is 5.91 Å². The van der Waals surface area contributed by atoms with E-state index in [-0.39, 0.29) is 11.8 Å². The quantitative estimate of drug-likeness (QED) is 0.888. The van der Waals surface area contributed by atoms with Gasteiger partial charge in [0, 0.05) is 16.9 Å². The minimum absolute atomic E-state index is 0.0677. The smallest absolute Gasteiger partial charge is 0.411 e. The first-order valence-corrected chi connectivity index (χ1v) is 8.24. The third kappa shape index (κ3) is 4.09. The van der Waals surface area contributed by atoms with Crippen molar-refractivity contribution >= 4 is 23.4 Å². The van der Waals surface area contributed by atoms with Crippen LogP contribution < -0.4 is 15.4 Å². The van der Waals surface area contributed by atoms with E-state index in [2.05, 4.69) is 10.6 Å². The molecular weight excluding hydrogens is 320 g/mol. The summed E-state index contributed by atoms with van der Waals surface area (Å²) in [6.45, 7) is 2.58. The maximum Gasteiger partial charge on any atom is 0.411 e. The topological polar surface area (TPSA) is 76.7 Å². The number of anilines is 2. The summed E-state index contributed by atoms with van der Waals surface area (Å²) in [5.41, 5.74) is 2.18. The molecule has 6 heteroatoms. The minimum Gasteiger partial charge on any atom is -0.493 e. The molecule has 2 aromatic carbocycles. The van der Waals surface area contributed by atoms with Gasteiger partial charge in [-0.1, -0.05) is 18.2 Å². The van der Waals surface area contributed by atoms with Crippen LogP contribution >= 0.6 is 0 Å². The number of ether oxygens (including phenoxy) is 2. The second-order valence-corrected chi connectivity index (χ2v) is 5.64. The molecule has 0 bridgehead atoms. The lowest BCUT2D eigenvalue weighted by Crippen LogP contribution is -2.26. The average Bonchev–Trinajstić information content (AvgIpc) is 2.63. The Hall–Kier alpha value is -3.02. The summed E-state index contributed by atoms with van der Waals surface area (Å²) in [6, 6.07) is 14.5. The summed E-state index contributed by atoms with van der Waals surface area (Å²) < 4.78 is 10.4. The average molecular weight is 340 g/mol. The number of rotatable bonds is 4. The largest absolute Gasteiger partial charge is 0.493 e. The van der Waals surface area contributed by atoms with Gasteiger partial charge in [-0.15, -0.1) is 0 Å². The molecule has 1 aliphatic heterocycles. The van der Waals surface area contributed by atoms with Crippen molar-refractivity contribution < 1.29 is 19.1 Å². The van der Waals surface area contributed by atoms with Gasteiger partial charge in [-0.2, -0.15) is 0 Å². The van der Waals surface area contributed by atoms with Crippen molar-refractivity contribution in [1.29, 1.82) is 0 Å². The summed E-state index contributed by atoms with van der Waals surface area (Å²) in [5.74, 6) is 0.465. The first kappa shape index (κ1) is 16.8. The Morgan fingerprint density at radius 1 is 1.08 bits per heavy atom. The van der Waals surface area contributed by atoms with Crippen LogP contribution in [0.4, 0.5) is 16.2 Å². The van der Waals surface area contributed by atoms with Gasteiger partial charge >= 0.3 is 6.09 Å². The second kappa shape index (κ2) is 7.70. The van der Waals surface area contributed by atoms with Gasteiger partial charge < -0.3 is 14.8 Å². The highest BCUT2D eigenvalue weighted by molar-refractivity contribution is 5.96. The van der Waals surface area contributed by atoms with Gasteiger partial charge in [0.05, 0.1) is 19.1 Å². The fourth-order valence-corrected chi connectivity index (χ4v) is 2.77. The van der Waals surface area contributed by atoms with Gasteiger partial charge in [0.15, 0.2) is 0 Å². The molecule has 0 aromatic heterocycles. The molecule has 0 fully saturated rings. The van der Waals surface area contributed by atoms with Crippen LogP contribution in [0.5, 0.6) is 5.75 Å². The zero-order valence-electron chi connectivity index (χ0n) is 14.0. The lowest BCUT2D eigenvalue weighted by molar-refractivity contribution is -0.118. The highest BCUT2D eigenvalue weighted by Gasteiger charge is 2.27. The molecule has 0 saturated heterocycles. The van der Waals surface area contributed by atoms with Crippen molar-refractivity contribution in [3.63, 3.8) is 0 Å². The SMILES string of the molecule is CCOC(=O)Nc1ccc(NC(=O)[C@H]2CCOc3ccccc32)cc1. The Labute approximate surface area is 146 Å². The Morgan fingerprint density at radius 3 is 2.48 bits per heavy atom. The molecule has 0 unspecified atom stereocenters. The van der Waals surface area contributed by atoms with E-state index in [0.29, 0.717) is 31.0 Å². The molecule has 2 N–H and O–H groups in total.